The summed E-state index contributed by atoms with van der Waals surface area (Å²) in [4.78, 5) is 25.3. The molecule has 3 aromatic rings. The van der Waals surface area contributed by atoms with Crippen molar-refractivity contribution in [2.24, 2.45) is 5.92 Å². The van der Waals surface area contributed by atoms with Crippen molar-refractivity contribution in [1.82, 2.24) is 19.3 Å². The molecule has 6 nitrogen and oxygen atoms in total. The van der Waals surface area contributed by atoms with Crippen LogP contribution in [0, 0.1) is 26.7 Å². The molecule has 32 heavy (non-hydrogen) atoms. The van der Waals surface area contributed by atoms with Gasteiger partial charge in [0.15, 0.2) is 11.4 Å². The van der Waals surface area contributed by atoms with Crippen LogP contribution in [0.4, 0.5) is 0 Å². The highest BCUT2D eigenvalue weighted by Gasteiger charge is 2.32. The average Bonchev–Trinajstić information content (AvgIpc) is 3.57. The molecule has 0 aromatic carbocycles. The zero-order valence-corrected chi connectivity index (χ0v) is 19.3. The van der Waals surface area contributed by atoms with E-state index in [0.29, 0.717) is 24.0 Å². The van der Waals surface area contributed by atoms with Crippen molar-refractivity contribution in [3.8, 4) is 5.75 Å². The van der Waals surface area contributed by atoms with Crippen LogP contribution in [0.15, 0.2) is 30.5 Å². The first-order valence-electron chi connectivity index (χ1n) is 11.9. The normalized spacial score (nSPS) is 18.8. The first kappa shape index (κ1) is 21.0. The molecule has 1 aliphatic heterocycles. The minimum absolute atomic E-state index is 0.0122. The van der Waals surface area contributed by atoms with Gasteiger partial charge in [-0.1, -0.05) is 6.07 Å². The molecule has 0 N–H and O–H groups in total. The molecule has 1 amide bonds. The number of aromatic nitrogens is 3. The Morgan fingerprint density at radius 2 is 1.94 bits per heavy atom. The number of carbonyl (C=O) groups is 1. The average molecular weight is 433 g/mol. The van der Waals surface area contributed by atoms with Gasteiger partial charge < -0.3 is 14.0 Å². The number of rotatable bonds is 6. The van der Waals surface area contributed by atoms with E-state index in [1.165, 1.54) is 18.4 Å². The third-order valence-corrected chi connectivity index (χ3v) is 6.87. The van der Waals surface area contributed by atoms with Crippen LogP contribution < -0.4 is 4.74 Å². The molecule has 1 atom stereocenters. The van der Waals surface area contributed by atoms with Crippen LogP contribution in [-0.4, -0.2) is 44.4 Å². The van der Waals surface area contributed by atoms with Gasteiger partial charge in [-0.15, -0.1) is 0 Å². The lowest BCUT2D eigenvalue weighted by atomic mass is 9.96. The summed E-state index contributed by atoms with van der Waals surface area (Å²) in [5.74, 6) is 1.24. The van der Waals surface area contributed by atoms with Gasteiger partial charge in [0.1, 0.15) is 5.65 Å². The van der Waals surface area contributed by atoms with Gasteiger partial charge in [0.25, 0.3) is 5.91 Å². The van der Waals surface area contributed by atoms with Gasteiger partial charge in [-0.05, 0) is 82.6 Å². The predicted octanol–water partition coefficient (Wildman–Crippen LogP) is 4.68. The molecule has 2 fully saturated rings. The van der Waals surface area contributed by atoms with Crippen LogP contribution in [0.2, 0.25) is 0 Å². The minimum atomic E-state index is -0.0122. The fraction of sp³-hybridized carbons (Fsp3) is 0.500. The molecule has 6 heteroatoms. The van der Waals surface area contributed by atoms with Crippen LogP contribution in [0.25, 0.3) is 5.65 Å². The van der Waals surface area contributed by atoms with E-state index < -0.39 is 0 Å². The largest absolute Gasteiger partial charge is 0.491 e. The van der Waals surface area contributed by atoms with E-state index >= 15 is 0 Å². The summed E-state index contributed by atoms with van der Waals surface area (Å²) in [5, 5.41) is 0. The zero-order chi connectivity index (χ0) is 22.2. The standard InChI is InChI=1S/C26H32N4O2/c1-17-7-6-14-29-19(3)22(28-25(17)29)15-21-8-4-5-13-30(21)26(31)24-23(12-9-18(2)27-24)32-16-20-10-11-20/h6-7,9,12,14,20-21H,4-5,8,10-11,13,15-16H2,1-3H3/t21-/m0/s1. The summed E-state index contributed by atoms with van der Waals surface area (Å²) in [6.07, 6.45) is 8.41. The summed E-state index contributed by atoms with van der Waals surface area (Å²) >= 11 is 0. The van der Waals surface area contributed by atoms with Gasteiger partial charge in [0, 0.05) is 36.6 Å². The van der Waals surface area contributed by atoms with Crippen molar-refractivity contribution >= 4 is 11.6 Å². The third kappa shape index (κ3) is 4.10. The fourth-order valence-electron chi connectivity index (χ4n) is 4.71. The number of ether oxygens (including phenoxy) is 1. The molecule has 0 bridgehead atoms. The summed E-state index contributed by atoms with van der Waals surface area (Å²) in [6, 6.07) is 8.11. The third-order valence-electron chi connectivity index (χ3n) is 6.87. The molecular weight excluding hydrogens is 400 g/mol. The number of hydrogen-bond donors (Lipinski definition) is 0. The molecule has 5 rings (SSSR count). The first-order chi connectivity index (χ1) is 15.5. The highest BCUT2D eigenvalue weighted by Crippen LogP contribution is 2.31. The highest BCUT2D eigenvalue weighted by molar-refractivity contribution is 5.95. The van der Waals surface area contributed by atoms with Gasteiger partial charge in [0.2, 0.25) is 0 Å². The lowest BCUT2D eigenvalue weighted by Gasteiger charge is -2.35. The van der Waals surface area contributed by atoms with Crippen molar-refractivity contribution in [2.75, 3.05) is 13.2 Å². The Hall–Kier alpha value is -2.89. The molecule has 0 spiro atoms. The van der Waals surface area contributed by atoms with E-state index in [1.54, 1.807) is 0 Å². The van der Waals surface area contributed by atoms with Gasteiger partial charge >= 0.3 is 0 Å². The molecule has 168 valence electrons. The van der Waals surface area contributed by atoms with E-state index in [9.17, 15) is 4.79 Å². The number of aryl methyl sites for hydroxylation is 3. The van der Waals surface area contributed by atoms with E-state index in [0.717, 1.165) is 55.0 Å². The smallest absolute Gasteiger partial charge is 0.276 e. The number of pyridine rings is 2. The molecule has 1 saturated carbocycles. The summed E-state index contributed by atoms with van der Waals surface area (Å²) in [7, 11) is 0. The second kappa shape index (κ2) is 8.57. The molecule has 0 radical (unpaired) electrons. The van der Waals surface area contributed by atoms with Crippen molar-refractivity contribution < 1.29 is 9.53 Å². The molecular formula is C26H32N4O2. The maximum absolute atomic E-state index is 13.7. The van der Waals surface area contributed by atoms with E-state index in [-0.39, 0.29) is 11.9 Å². The van der Waals surface area contributed by atoms with E-state index in [2.05, 4.69) is 41.6 Å². The van der Waals surface area contributed by atoms with Crippen molar-refractivity contribution in [3.05, 3.63) is 58.8 Å². The van der Waals surface area contributed by atoms with Crippen molar-refractivity contribution in [3.63, 3.8) is 0 Å². The van der Waals surface area contributed by atoms with Crippen LogP contribution in [0.5, 0.6) is 5.75 Å². The minimum Gasteiger partial charge on any atom is -0.491 e. The van der Waals surface area contributed by atoms with Gasteiger partial charge in [-0.25, -0.2) is 9.97 Å². The van der Waals surface area contributed by atoms with Crippen LogP contribution in [0.3, 0.4) is 0 Å². The lowest BCUT2D eigenvalue weighted by molar-refractivity contribution is 0.0601. The lowest BCUT2D eigenvalue weighted by Crippen LogP contribution is -2.45. The zero-order valence-electron chi connectivity index (χ0n) is 19.3. The topological polar surface area (TPSA) is 59.7 Å². The monoisotopic (exact) mass is 432 g/mol. The Labute approximate surface area is 189 Å². The Bertz CT molecular complexity index is 1150. The summed E-state index contributed by atoms with van der Waals surface area (Å²) in [5.41, 5.74) is 5.70. The molecule has 3 aromatic heterocycles. The highest BCUT2D eigenvalue weighted by atomic mass is 16.5. The van der Waals surface area contributed by atoms with Crippen LogP contribution in [0.1, 0.15) is 65.2 Å². The van der Waals surface area contributed by atoms with E-state index in [1.807, 2.05) is 24.0 Å². The number of carbonyl (C=O) groups excluding carboxylic acids is 1. The Kier molecular flexibility index (Phi) is 5.62. The van der Waals surface area contributed by atoms with E-state index in [4.69, 9.17) is 9.72 Å². The number of imidazole rings is 1. The molecule has 0 unspecified atom stereocenters. The van der Waals surface area contributed by atoms with Crippen LogP contribution >= 0.6 is 0 Å². The quantitative estimate of drug-likeness (QED) is 0.567. The van der Waals surface area contributed by atoms with Crippen LogP contribution in [-0.2, 0) is 6.42 Å². The first-order valence-corrected chi connectivity index (χ1v) is 11.9. The van der Waals surface area contributed by atoms with Gasteiger partial charge in [0.05, 0.1) is 12.3 Å². The second-order valence-corrected chi connectivity index (χ2v) is 9.43. The number of likely N-dealkylation sites (tertiary alicyclic amines) is 1. The SMILES string of the molecule is Cc1ccc(OCC2CC2)c(C(=O)N2CCCC[C@H]2Cc2nc3c(C)cccn3c2C)n1. The fourth-order valence-corrected chi connectivity index (χ4v) is 4.71. The maximum Gasteiger partial charge on any atom is 0.276 e. The number of piperidine rings is 1. The Balaban J connectivity index is 1.41. The molecule has 2 aliphatic rings. The second-order valence-electron chi connectivity index (χ2n) is 9.43. The molecule has 4 heterocycles. The predicted molar refractivity (Wildman–Crippen MR) is 124 cm³/mol. The Morgan fingerprint density at radius 3 is 2.72 bits per heavy atom. The number of fused-ring (bicyclic) bond motifs is 1. The summed E-state index contributed by atoms with van der Waals surface area (Å²) < 4.78 is 8.19. The number of hydrogen-bond acceptors (Lipinski definition) is 4. The van der Waals surface area contributed by atoms with Crippen molar-refractivity contribution in [2.45, 2.75) is 65.3 Å². The molecule has 1 aliphatic carbocycles. The molecule has 1 saturated heterocycles. The van der Waals surface area contributed by atoms with Crippen molar-refractivity contribution in [1.29, 1.82) is 0 Å². The van der Waals surface area contributed by atoms with Gasteiger partial charge in [-0.3, -0.25) is 4.79 Å². The maximum atomic E-state index is 13.7. The van der Waals surface area contributed by atoms with Gasteiger partial charge in [-0.2, -0.15) is 0 Å². The number of amides is 1. The number of nitrogens with zero attached hydrogens (tertiary/aromatic N) is 4. The Morgan fingerprint density at radius 1 is 1.09 bits per heavy atom. The summed E-state index contributed by atoms with van der Waals surface area (Å²) in [6.45, 7) is 7.57.